The van der Waals surface area contributed by atoms with Gasteiger partial charge in [0.2, 0.25) is 5.89 Å². The summed E-state index contributed by atoms with van der Waals surface area (Å²) < 4.78 is 11.3. The third kappa shape index (κ3) is 1.68. The van der Waals surface area contributed by atoms with E-state index in [0.717, 1.165) is 25.9 Å². The van der Waals surface area contributed by atoms with E-state index >= 15 is 0 Å². The van der Waals surface area contributed by atoms with Gasteiger partial charge < -0.3 is 19.8 Å². The van der Waals surface area contributed by atoms with E-state index in [4.69, 9.17) is 14.9 Å². The van der Waals surface area contributed by atoms with Crippen LogP contribution in [0.3, 0.4) is 0 Å². The van der Waals surface area contributed by atoms with Crippen LogP contribution in [-0.2, 0) is 4.74 Å². The fraction of sp³-hybridized carbons (Fsp3) is 0.800. The third-order valence-corrected chi connectivity index (χ3v) is 3.13. The van der Waals surface area contributed by atoms with Gasteiger partial charge in [0.15, 0.2) is 0 Å². The Balaban J connectivity index is 1.76. The minimum atomic E-state index is -0.209. The first kappa shape index (κ1) is 10.0. The first-order valence-electron chi connectivity index (χ1n) is 5.72. The van der Waals surface area contributed by atoms with E-state index in [1.807, 2.05) is 6.92 Å². The molecule has 0 aliphatic carbocycles. The van der Waals surface area contributed by atoms with Crippen molar-refractivity contribution in [1.29, 1.82) is 0 Å². The number of anilines is 1. The highest BCUT2D eigenvalue weighted by atomic mass is 16.5. The highest BCUT2D eigenvalue weighted by Crippen LogP contribution is 2.29. The zero-order valence-electron chi connectivity index (χ0n) is 9.30. The summed E-state index contributed by atoms with van der Waals surface area (Å²) in [5.74, 6) is 0.494. The number of rotatable bonds is 2. The van der Waals surface area contributed by atoms with Gasteiger partial charge in [-0.25, -0.2) is 0 Å². The van der Waals surface area contributed by atoms with Crippen LogP contribution in [0, 0.1) is 0 Å². The maximum absolute atomic E-state index is 5.75. The van der Waals surface area contributed by atoms with Gasteiger partial charge >= 0.3 is 6.01 Å². The molecule has 2 N–H and O–H groups in total. The monoisotopic (exact) mass is 224 g/mol. The van der Waals surface area contributed by atoms with Crippen LogP contribution in [0.2, 0.25) is 0 Å². The molecule has 88 valence electrons. The quantitative estimate of drug-likeness (QED) is 0.786. The van der Waals surface area contributed by atoms with Crippen molar-refractivity contribution in [2.45, 2.75) is 38.0 Å². The fourth-order valence-electron chi connectivity index (χ4n) is 2.31. The maximum atomic E-state index is 5.75. The number of ether oxygens (including phenoxy) is 1. The van der Waals surface area contributed by atoms with Gasteiger partial charge in [0, 0.05) is 13.1 Å². The molecule has 6 heteroatoms. The number of fused-ring (bicyclic) bond motifs is 2. The van der Waals surface area contributed by atoms with E-state index in [2.05, 4.69) is 15.1 Å². The van der Waals surface area contributed by atoms with Crippen LogP contribution >= 0.6 is 0 Å². The predicted molar refractivity (Wildman–Crippen MR) is 57.0 cm³/mol. The van der Waals surface area contributed by atoms with Gasteiger partial charge in [-0.05, 0) is 19.8 Å². The fourth-order valence-corrected chi connectivity index (χ4v) is 2.31. The van der Waals surface area contributed by atoms with Crippen LogP contribution in [0.1, 0.15) is 31.7 Å². The smallest absolute Gasteiger partial charge is 0.318 e. The maximum Gasteiger partial charge on any atom is 0.318 e. The van der Waals surface area contributed by atoms with Crippen molar-refractivity contribution in [2.75, 3.05) is 18.0 Å². The second-order valence-corrected chi connectivity index (χ2v) is 4.57. The highest BCUT2D eigenvalue weighted by molar-refractivity contribution is 5.27. The summed E-state index contributed by atoms with van der Waals surface area (Å²) in [5, 5.41) is 7.97. The van der Waals surface area contributed by atoms with Crippen molar-refractivity contribution in [2.24, 2.45) is 5.73 Å². The van der Waals surface area contributed by atoms with E-state index in [-0.39, 0.29) is 6.04 Å². The van der Waals surface area contributed by atoms with Crippen molar-refractivity contribution >= 4 is 6.01 Å². The molecule has 0 aromatic carbocycles. The lowest BCUT2D eigenvalue weighted by molar-refractivity contribution is 0.0287. The standard InChI is InChI=1S/C10H16N4O2/c1-6(11)9-12-13-10(16-9)14-4-7-2-3-8(5-14)15-7/h6-8H,2-5,11H2,1H3. The normalized spacial score (nSPS) is 30.8. The Bertz CT molecular complexity index is 367. The lowest BCUT2D eigenvalue weighted by atomic mass is 10.2. The molecule has 16 heavy (non-hydrogen) atoms. The van der Waals surface area contributed by atoms with Gasteiger partial charge in [-0.2, -0.15) is 0 Å². The predicted octanol–water partition coefficient (Wildman–Crippen LogP) is 0.457. The second kappa shape index (κ2) is 3.71. The summed E-state index contributed by atoms with van der Waals surface area (Å²) in [5.41, 5.74) is 5.68. The number of nitrogens with zero attached hydrogens (tertiary/aromatic N) is 3. The summed E-state index contributed by atoms with van der Waals surface area (Å²) >= 11 is 0. The van der Waals surface area contributed by atoms with Gasteiger partial charge in [0.05, 0.1) is 18.2 Å². The van der Waals surface area contributed by atoms with Gasteiger partial charge in [0.25, 0.3) is 0 Å². The Morgan fingerprint density at radius 1 is 1.31 bits per heavy atom. The van der Waals surface area contributed by atoms with E-state index in [9.17, 15) is 0 Å². The molecule has 0 saturated carbocycles. The molecule has 3 atom stereocenters. The first-order chi connectivity index (χ1) is 7.72. The molecule has 0 spiro atoms. The second-order valence-electron chi connectivity index (χ2n) is 4.57. The number of nitrogens with two attached hydrogens (primary N) is 1. The van der Waals surface area contributed by atoms with Crippen LogP contribution in [0.4, 0.5) is 6.01 Å². The minimum absolute atomic E-state index is 0.209. The molecule has 0 amide bonds. The van der Waals surface area contributed by atoms with Crippen LogP contribution in [0.5, 0.6) is 0 Å². The zero-order chi connectivity index (χ0) is 11.1. The van der Waals surface area contributed by atoms with E-state index < -0.39 is 0 Å². The lowest BCUT2D eigenvalue weighted by Gasteiger charge is -2.30. The number of aromatic nitrogens is 2. The Morgan fingerprint density at radius 3 is 2.56 bits per heavy atom. The molecule has 3 unspecified atom stereocenters. The highest BCUT2D eigenvalue weighted by Gasteiger charge is 2.35. The van der Waals surface area contributed by atoms with Gasteiger partial charge in [-0.3, -0.25) is 0 Å². The average Bonchev–Trinajstić information content (AvgIpc) is 2.85. The number of hydrogen-bond donors (Lipinski definition) is 1. The van der Waals surface area contributed by atoms with E-state index in [0.29, 0.717) is 24.1 Å². The average molecular weight is 224 g/mol. The molecule has 2 aliphatic rings. The molecule has 0 radical (unpaired) electrons. The molecular weight excluding hydrogens is 208 g/mol. The topological polar surface area (TPSA) is 77.4 Å². The molecule has 2 fully saturated rings. The number of morpholine rings is 1. The van der Waals surface area contributed by atoms with Crippen molar-refractivity contribution in [3.05, 3.63) is 5.89 Å². The van der Waals surface area contributed by atoms with Crippen LogP contribution in [0.15, 0.2) is 4.42 Å². The molecular formula is C10H16N4O2. The Labute approximate surface area is 93.8 Å². The van der Waals surface area contributed by atoms with Crippen LogP contribution in [0.25, 0.3) is 0 Å². The third-order valence-electron chi connectivity index (χ3n) is 3.13. The van der Waals surface area contributed by atoms with Crippen molar-refractivity contribution < 1.29 is 9.15 Å². The Morgan fingerprint density at radius 2 is 2.00 bits per heavy atom. The number of hydrogen-bond acceptors (Lipinski definition) is 6. The van der Waals surface area contributed by atoms with Gasteiger partial charge in [-0.1, -0.05) is 5.10 Å². The SMILES string of the molecule is CC(N)c1nnc(N2CC3CCC(C2)O3)o1. The molecule has 2 bridgehead atoms. The zero-order valence-corrected chi connectivity index (χ0v) is 9.30. The van der Waals surface area contributed by atoms with Crippen molar-refractivity contribution in [1.82, 2.24) is 10.2 Å². The molecule has 1 aromatic rings. The summed E-state index contributed by atoms with van der Waals surface area (Å²) in [4.78, 5) is 2.10. The molecule has 3 rings (SSSR count). The summed E-state index contributed by atoms with van der Waals surface area (Å²) in [6.07, 6.45) is 2.92. The minimum Gasteiger partial charge on any atom is -0.406 e. The van der Waals surface area contributed by atoms with Crippen molar-refractivity contribution in [3.63, 3.8) is 0 Å². The largest absolute Gasteiger partial charge is 0.406 e. The Kier molecular flexibility index (Phi) is 2.33. The molecule has 2 aliphatic heterocycles. The summed E-state index contributed by atoms with van der Waals surface area (Å²) in [6, 6.07) is 0.367. The van der Waals surface area contributed by atoms with Gasteiger partial charge in [-0.15, -0.1) is 5.10 Å². The van der Waals surface area contributed by atoms with Crippen LogP contribution < -0.4 is 10.6 Å². The van der Waals surface area contributed by atoms with E-state index in [1.54, 1.807) is 0 Å². The summed E-state index contributed by atoms with van der Waals surface area (Å²) in [6.45, 7) is 3.52. The Hall–Kier alpha value is -1.14. The first-order valence-corrected chi connectivity index (χ1v) is 5.72. The molecule has 1 aromatic heterocycles. The summed E-state index contributed by atoms with van der Waals surface area (Å²) in [7, 11) is 0. The molecule has 2 saturated heterocycles. The van der Waals surface area contributed by atoms with Crippen LogP contribution in [-0.4, -0.2) is 35.5 Å². The molecule has 3 heterocycles. The molecule has 6 nitrogen and oxygen atoms in total. The lowest BCUT2D eigenvalue weighted by Crippen LogP contribution is -2.42. The van der Waals surface area contributed by atoms with Crippen molar-refractivity contribution in [3.8, 4) is 0 Å². The van der Waals surface area contributed by atoms with E-state index in [1.165, 1.54) is 0 Å². The van der Waals surface area contributed by atoms with Gasteiger partial charge in [0.1, 0.15) is 0 Å².